The highest BCUT2D eigenvalue weighted by Crippen LogP contribution is 2.23. The Morgan fingerprint density at radius 1 is 1.19 bits per heavy atom. The standard InChI is InChI=1S/C17H28N2O2/c1-5-11-17(4,12-20)19-16(21)18-15-13(6-2)9-8-10-14(15)7-3/h8-10,20H,5-7,11-12H2,1-4H3,(H2,18,19,21). The fourth-order valence-electron chi connectivity index (χ4n) is 2.55. The van der Waals surface area contributed by atoms with Gasteiger partial charge in [0.2, 0.25) is 0 Å². The molecule has 1 unspecified atom stereocenters. The molecule has 0 radical (unpaired) electrons. The van der Waals surface area contributed by atoms with E-state index in [1.54, 1.807) is 0 Å². The molecule has 0 aliphatic rings. The van der Waals surface area contributed by atoms with Crippen LogP contribution in [0.15, 0.2) is 18.2 Å². The number of aliphatic hydroxyl groups is 1. The van der Waals surface area contributed by atoms with E-state index in [-0.39, 0.29) is 12.6 Å². The highest BCUT2D eigenvalue weighted by molar-refractivity contribution is 5.91. The van der Waals surface area contributed by atoms with E-state index in [0.29, 0.717) is 0 Å². The summed E-state index contributed by atoms with van der Waals surface area (Å²) in [5, 5.41) is 15.4. The first-order chi connectivity index (χ1) is 9.99. The molecule has 21 heavy (non-hydrogen) atoms. The average Bonchev–Trinajstić information content (AvgIpc) is 2.47. The van der Waals surface area contributed by atoms with Gasteiger partial charge in [-0.05, 0) is 37.3 Å². The maximum atomic E-state index is 12.3. The molecule has 4 nitrogen and oxygen atoms in total. The van der Waals surface area contributed by atoms with E-state index in [1.807, 2.05) is 32.0 Å². The lowest BCUT2D eigenvalue weighted by molar-refractivity contribution is 0.167. The number of amides is 2. The molecule has 1 aromatic carbocycles. The van der Waals surface area contributed by atoms with E-state index in [1.165, 1.54) is 0 Å². The second kappa shape index (κ2) is 8.03. The number of carbonyl (C=O) groups is 1. The van der Waals surface area contributed by atoms with Crippen LogP contribution < -0.4 is 10.6 Å². The maximum absolute atomic E-state index is 12.3. The lowest BCUT2D eigenvalue weighted by Crippen LogP contribution is -2.50. The number of rotatable bonds is 7. The fraction of sp³-hybridized carbons (Fsp3) is 0.588. The molecule has 1 aromatic rings. The zero-order valence-electron chi connectivity index (χ0n) is 13.6. The Labute approximate surface area is 128 Å². The summed E-state index contributed by atoms with van der Waals surface area (Å²) >= 11 is 0. The first-order valence-corrected chi connectivity index (χ1v) is 7.80. The van der Waals surface area contributed by atoms with E-state index in [2.05, 4.69) is 24.5 Å². The van der Waals surface area contributed by atoms with Gasteiger partial charge in [-0.25, -0.2) is 4.79 Å². The Balaban J connectivity index is 2.88. The van der Waals surface area contributed by atoms with Gasteiger partial charge in [0.05, 0.1) is 12.1 Å². The third-order valence-corrected chi connectivity index (χ3v) is 3.80. The van der Waals surface area contributed by atoms with E-state index < -0.39 is 5.54 Å². The van der Waals surface area contributed by atoms with Gasteiger partial charge in [-0.15, -0.1) is 0 Å². The van der Waals surface area contributed by atoms with Crippen molar-refractivity contribution >= 4 is 11.7 Å². The van der Waals surface area contributed by atoms with Gasteiger partial charge in [-0.1, -0.05) is 45.4 Å². The van der Waals surface area contributed by atoms with Crippen molar-refractivity contribution in [1.29, 1.82) is 0 Å². The predicted molar refractivity (Wildman–Crippen MR) is 87.8 cm³/mol. The zero-order valence-corrected chi connectivity index (χ0v) is 13.6. The third-order valence-electron chi connectivity index (χ3n) is 3.80. The van der Waals surface area contributed by atoms with Crippen LogP contribution in [0.1, 0.15) is 51.7 Å². The molecule has 1 rings (SSSR count). The normalized spacial score (nSPS) is 13.6. The van der Waals surface area contributed by atoms with Gasteiger partial charge >= 0.3 is 6.03 Å². The number of aliphatic hydroxyl groups excluding tert-OH is 1. The van der Waals surface area contributed by atoms with Crippen molar-refractivity contribution in [1.82, 2.24) is 5.32 Å². The Morgan fingerprint density at radius 3 is 2.19 bits per heavy atom. The predicted octanol–water partition coefficient (Wildman–Crippen LogP) is 3.48. The Hall–Kier alpha value is -1.55. The summed E-state index contributed by atoms with van der Waals surface area (Å²) in [4.78, 5) is 12.3. The zero-order chi connectivity index (χ0) is 15.9. The molecule has 0 bridgehead atoms. The number of benzene rings is 1. The number of nitrogens with one attached hydrogen (secondary N) is 2. The molecular weight excluding hydrogens is 264 g/mol. The monoisotopic (exact) mass is 292 g/mol. The van der Waals surface area contributed by atoms with Crippen molar-refractivity contribution in [3.63, 3.8) is 0 Å². The number of carbonyl (C=O) groups excluding carboxylic acids is 1. The van der Waals surface area contributed by atoms with Crippen LogP contribution in [0, 0.1) is 0 Å². The first kappa shape index (κ1) is 17.5. The summed E-state index contributed by atoms with van der Waals surface area (Å²) in [6.07, 6.45) is 3.39. The summed E-state index contributed by atoms with van der Waals surface area (Å²) in [7, 11) is 0. The smallest absolute Gasteiger partial charge is 0.319 e. The third kappa shape index (κ3) is 4.74. The molecule has 2 amide bonds. The summed E-state index contributed by atoms with van der Waals surface area (Å²) in [6.45, 7) is 7.99. The topological polar surface area (TPSA) is 61.4 Å². The van der Waals surface area contributed by atoms with Crippen molar-refractivity contribution in [3.8, 4) is 0 Å². The quantitative estimate of drug-likeness (QED) is 0.720. The number of anilines is 1. The number of urea groups is 1. The van der Waals surface area contributed by atoms with Crippen LogP contribution in [-0.4, -0.2) is 23.3 Å². The summed E-state index contributed by atoms with van der Waals surface area (Å²) < 4.78 is 0. The maximum Gasteiger partial charge on any atom is 0.319 e. The van der Waals surface area contributed by atoms with Gasteiger partial charge in [-0.2, -0.15) is 0 Å². The molecule has 4 heteroatoms. The molecule has 0 heterocycles. The second-order valence-corrected chi connectivity index (χ2v) is 5.71. The fourth-order valence-corrected chi connectivity index (χ4v) is 2.55. The minimum atomic E-state index is -0.577. The van der Waals surface area contributed by atoms with E-state index in [9.17, 15) is 9.90 Å². The first-order valence-electron chi connectivity index (χ1n) is 7.80. The highest BCUT2D eigenvalue weighted by atomic mass is 16.3. The Kier molecular flexibility index (Phi) is 6.69. The molecule has 0 fully saturated rings. The molecule has 0 aliphatic carbocycles. The largest absolute Gasteiger partial charge is 0.394 e. The van der Waals surface area contributed by atoms with Crippen molar-refractivity contribution in [3.05, 3.63) is 29.3 Å². The lowest BCUT2D eigenvalue weighted by Gasteiger charge is -2.28. The van der Waals surface area contributed by atoms with E-state index in [4.69, 9.17) is 0 Å². The van der Waals surface area contributed by atoms with Crippen LogP contribution in [0.4, 0.5) is 10.5 Å². The number of para-hydroxylation sites is 1. The summed E-state index contributed by atoms with van der Waals surface area (Å²) in [5.74, 6) is 0. The van der Waals surface area contributed by atoms with Crippen LogP contribution in [-0.2, 0) is 12.8 Å². The van der Waals surface area contributed by atoms with Gasteiger partial charge in [0.15, 0.2) is 0 Å². The minimum absolute atomic E-state index is 0.0652. The van der Waals surface area contributed by atoms with Gasteiger partial charge in [-0.3, -0.25) is 0 Å². The highest BCUT2D eigenvalue weighted by Gasteiger charge is 2.24. The average molecular weight is 292 g/mol. The summed E-state index contributed by atoms with van der Waals surface area (Å²) in [6, 6.07) is 5.84. The van der Waals surface area contributed by atoms with Crippen LogP contribution in [0.3, 0.4) is 0 Å². The van der Waals surface area contributed by atoms with Crippen molar-refractivity contribution < 1.29 is 9.90 Å². The molecule has 0 aliphatic heterocycles. The van der Waals surface area contributed by atoms with Gasteiger partial charge < -0.3 is 15.7 Å². The van der Waals surface area contributed by atoms with Crippen molar-refractivity contribution in [2.24, 2.45) is 0 Å². The molecule has 118 valence electrons. The molecule has 0 aromatic heterocycles. The van der Waals surface area contributed by atoms with Crippen molar-refractivity contribution in [2.45, 2.75) is 58.9 Å². The lowest BCUT2D eigenvalue weighted by atomic mass is 9.97. The number of aryl methyl sites for hydroxylation is 2. The van der Waals surface area contributed by atoms with Crippen LogP contribution in [0.5, 0.6) is 0 Å². The molecule has 3 N–H and O–H groups in total. The van der Waals surface area contributed by atoms with E-state index in [0.717, 1.165) is 42.5 Å². The Bertz CT molecular complexity index is 452. The van der Waals surface area contributed by atoms with Crippen LogP contribution in [0.25, 0.3) is 0 Å². The van der Waals surface area contributed by atoms with Crippen LogP contribution in [0.2, 0.25) is 0 Å². The second-order valence-electron chi connectivity index (χ2n) is 5.71. The molecule has 0 saturated carbocycles. The minimum Gasteiger partial charge on any atom is -0.394 e. The van der Waals surface area contributed by atoms with E-state index >= 15 is 0 Å². The van der Waals surface area contributed by atoms with Gasteiger partial charge in [0.1, 0.15) is 0 Å². The molecule has 0 saturated heterocycles. The van der Waals surface area contributed by atoms with Gasteiger partial charge in [0, 0.05) is 5.69 Å². The van der Waals surface area contributed by atoms with Gasteiger partial charge in [0.25, 0.3) is 0 Å². The molecule has 0 spiro atoms. The Morgan fingerprint density at radius 2 is 1.76 bits per heavy atom. The number of hydrogen-bond acceptors (Lipinski definition) is 2. The number of hydrogen-bond donors (Lipinski definition) is 3. The van der Waals surface area contributed by atoms with Crippen LogP contribution >= 0.6 is 0 Å². The SMILES string of the molecule is CCCC(C)(CO)NC(=O)Nc1c(CC)cccc1CC. The summed E-state index contributed by atoms with van der Waals surface area (Å²) in [5.41, 5.74) is 2.58. The molecule has 1 atom stereocenters. The molecular formula is C17H28N2O2. The van der Waals surface area contributed by atoms with Crippen molar-refractivity contribution in [2.75, 3.05) is 11.9 Å².